The van der Waals surface area contributed by atoms with Gasteiger partial charge in [-0.05, 0) is 86.0 Å². The molecule has 0 unspecified atom stereocenters. The molecule has 0 radical (unpaired) electrons. The summed E-state index contributed by atoms with van der Waals surface area (Å²) in [6, 6.07) is 0. The summed E-state index contributed by atoms with van der Waals surface area (Å²) in [7, 11) is 0. The van der Waals surface area contributed by atoms with Crippen LogP contribution in [0.2, 0.25) is 0 Å². The highest BCUT2D eigenvalue weighted by atomic mass is 16.5. The molecule has 0 spiro atoms. The van der Waals surface area contributed by atoms with E-state index in [0.717, 1.165) is 55.8 Å². The number of hydrogen-bond donors (Lipinski definition) is 0. The van der Waals surface area contributed by atoms with Crippen LogP contribution in [0.4, 0.5) is 0 Å². The number of allylic oxidation sites excluding steroid dienone is 4. The Balaban J connectivity index is 1.52. The fourth-order valence-electron chi connectivity index (χ4n) is 8.22. The molecule has 0 aromatic rings. The first-order chi connectivity index (χ1) is 18.7. The average molecular weight is 539 g/mol. The van der Waals surface area contributed by atoms with Gasteiger partial charge in [0, 0.05) is 12.8 Å². The minimum atomic E-state index is 0.00123. The van der Waals surface area contributed by atoms with Gasteiger partial charge in [-0.15, -0.1) is 0 Å². The number of carbonyl (C=O) groups is 1. The Labute approximate surface area is 242 Å². The van der Waals surface area contributed by atoms with Gasteiger partial charge in [-0.1, -0.05) is 122 Å². The Morgan fingerprint density at radius 1 is 0.974 bits per heavy atom. The second kappa shape index (κ2) is 16.2. The molecule has 2 nitrogen and oxygen atoms in total. The number of rotatable bonds is 15. The summed E-state index contributed by atoms with van der Waals surface area (Å²) in [5.74, 6) is 3.28. The van der Waals surface area contributed by atoms with Crippen molar-refractivity contribution in [2.45, 2.75) is 163 Å². The topological polar surface area (TPSA) is 26.3 Å². The first-order valence-electron chi connectivity index (χ1n) is 17.0. The zero-order chi connectivity index (χ0) is 28.3. The van der Waals surface area contributed by atoms with Gasteiger partial charge in [0.05, 0.1) is 0 Å². The molecular weight excluding hydrogens is 476 g/mol. The molecule has 3 aliphatic rings. The van der Waals surface area contributed by atoms with E-state index in [9.17, 15) is 4.79 Å². The van der Waals surface area contributed by atoms with E-state index in [-0.39, 0.29) is 12.1 Å². The Hall–Kier alpha value is -1.31. The third-order valence-electron chi connectivity index (χ3n) is 10.6. The van der Waals surface area contributed by atoms with Crippen molar-refractivity contribution in [2.75, 3.05) is 0 Å². The minimum Gasteiger partial charge on any atom is -0.462 e. The molecule has 0 aliphatic heterocycles. The van der Waals surface area contributed by atoms with Gasteiger partial charge in [-0.25, -0.2) is 0 Å². The summed E-state index contributed by atoms with van der Waals surface area (Å²) in [6.45, 7) is 16.5. The average Bonchev–Trinajstić information content (AvgIpc) is 3.25. The summed E-state index contributed by atoms with van der Waals surface area (Å²) >= 11 is 0. The van der Waals surface area contributed by atoms with Gasteiger partial charge in [0.15, 0.2) is 0 Å². The third kappa shape index (κ3) is 9.64. The number of ether oxygens (including phenoxy) is 1. The van der Waals surface area contributed by atoms with Gasteiger partial charge in [0.2, 0.25) is 0 Å². The summed E-state index contributed by atoms with van der Waals surface area (Å²) in [4.78, 5) is 12.5. The molecule has 222 valence electrons. The lowest BCUT2D eigenvalue weighted by atomic mass is 9.60. The van der Waals surface area contributed by atoms with Crippen LogP contribution in [-0.2, 0) is 9.53 Å². The molecule has 3 aliphatic carbocycles. The van der Waals surface area contributed by atoms with Crippen molar-refractivity contribution in [3.63, 3.8) is 0 Å². The molecule has 0 bridgehead atoms. The van der Waals surface area contributed by atoms with Gasteiger partial charge >= 0.3 is 5.97 Å². The van der Waals surface area contributed by atoms with Crippen molar-refractivity contribution in [3.8, 4) is 0 Å². The van der Waals surface area contributed by atoms with E-state index < -0.39 is 0 Å². The first-order valence-corrected chi connectivity index (χ1v) is 17.0. The largest absolute Gasteiger partial charge is 0.462 e. The normalized spacial score (nSPS) is 30.2. The maximum absolute atomic E-state index is 12.5. The van der Waals surface area contributed by atoms with Crippen LogP contribution < -0.4 is 0 Å². The summed E-state index contributed by atoms with van der Waals surface area (Å²) in [5.41, 5.74) is 4.70. The predicted octanol–water partition coefficient (Wildman–Crippen LogP) is 11.3. The maximum atomic E-state index is 12.5. The standard InChI is InChI=1S/C37H62O2/c1-7-8-9-10-11-12-13-19-36(38)39-33-23-20-29(4)32(27-33)22-21-31-18-15-26-37(6)34(24-25-35(31)37)30(5)17-14-16-28(2)3/h21-22,28,30,33-35H,4,7-20,23-27H2,1-3,5-6H3/b31-21+,32-22-/t30-,33+,34-,35+,37-/m1/s1. The highest BCUT2D eigenvalue weighted by Gasteiger charge is 2.50. The molecule has 0 N–H and O–H groups in total. The number of hydrogen-bond acceptors (Lipinski definition) is 2. The van der Waals surface area contributed by atoms with E-state index in [4.69, 9.17) is 4.74 Å². The number of fused-ring (bicyclic) bond motifs is 1. The zero-order valence-electron chi connectivity index (χ0n) is 26.5. The second-order valence-electron chi connectivity index (χ2n) is 14.2. The molecule has 0 heterocycles. The van der Waals surface area contributed by atoms with Gasteiger partial charge in [-0.3, -0.25) is 4.79 Å². The van der Waals surface area contributed by atoms with Crippen LogP contribution in [0, 0.1) is 29.1 Å². The zero-order valence-corrected chi connectivity index (χ0v) is 26.5. The summed E-state index contributed by atoms with van der Waals surface area (Å²) in [5, 5.41) is 0. The van der Waals surface area contributed by atoms with Gasteiger partial charge in [0.25, 0.3) is 0 Å². The summed E-state index contributed by atoms with van der Waals surface area (Å²) < 4.78 is 5.94. The highest BCUT2D eigenvalue weighted by Crippen LogP contribution is 2.60. The molecule has 3 rings (SSSR count). The van der Waals surface area contributed by atoms with E-state index in [1.807, 2.05) is 0 Å². The van der Waals surface area contributed by atoms with E-state index in [1.54, 1.807) is 5.57 Å². The molecule has 3 saturated carbocycles. The number of unbranched alkanes of at least 4 members (excludes halogenated alkanes) is 6. The van der Waals surface area contributed by atoms with Gasteiger partial charge < -0.3 is 4.74 Å². The van der Waals surface area contributed by atoms with Gasteiger partial charge in [-0.2, -0.15) is 0 Å². The van der Waals surface area contributed by atoms with Crippen molar-refractivity contribution in [2.24, 2.45) is 29.1 Å². The van der Waals surface area contributed by atoms with Crippen LogP contribution in [0.5, 0.6) is 0 Å². The Kier molecular flexibility index (Phi) is 13.4. The fourth-order valence-corrected chi connectivity index (χ4v) is 8.22. The molecule has 39 heavy (non-hydrogen) atoms. The van der Waals surface area contributed by atoms with Crippen molar-refractivity contribution < 1.29 is 9.53 Å². The van der Waals surface area contributed by atoms with Crippen molar-refractivity contribution >= 4 is 5.97 Å². The van der Waals surface area contributed by atoms with Crippen LogP contribution >= 0.6 is 0 Å². The predicted molar refractivity (Wildman–Crippen MR) is 168 cm³/mol. The minimum absolute atomic E-state index is 0.00123. The maximum Gasteiger partial charge on any atom is 0.306 e. The third-order valence-corrected chi connectivity index (χ3v) is 10.6. The number of esters is 1. The molecule has 0 aromatic heterocycles. The molecule has 0 amide bonds. The Morgan fingerprint density at radius 2 is 1.72 bits per heavy atom. The van der Waals surface area contributed by atoms with E-state index in [0.29, 0.717) is 11.8 Å². The second-order valence-corrected chi connectivity index (χ2v) is 14.2. The SMILES string of the molecule is C=C1CC[C@H](OC(=O)CCCCCCCCC)C/C1=C/C=C1\CCC[C@]2(C)[C@@H]([C@H](C)CCCC(C)C)CC[C@@H]12. The molecular formula is C37H62O2. The number of carbonyl (C=O) groups excluding carboxylic acids is 1. The molecule has 2 heteroatoms. The van der Waals surface area contributed by atoms with Crippen molar-refractivity contribution in [1.82, 2.24) is 0 Å². The molecule has 0 saturated heterocycles. The lowest BCUT2D eigenvalue weighted by molar-refractivity contribution is -0.149. The van der Waals surface area contributed by atoms with E-state index in [1.165, 1.54) is 94.6 Å². The lowest BCUT2D eigenvalue weighted by Gasteiger charge is -2.44. The fraction of sp³-hybridized carbons (Fsp3) is 0.811. The smallest absolute Gasteiger partial charge is 0.306 e. The van der Waals surface area contributed by atoms with Crippen LogP contribution in [-0.4, -0.2) is 12.1 Å². The summed E-state index contributed by atoms with van der Waals surface area (Å²) in [6.07, 6.45) is 27.6. The van der Waals surface area contributed by atoms with E-state index in [2.05, 4.69) is 53.3 Å². The van der Waals surface area contributed by atoms with Gasteiger partial charge in [0.1, 0.15) is 6.10 Å². The lowest BCUT2D eigenvalue weighted by Crippen LogP contribution is -2.36. The van der Waals surface area contributed by atoms with Crippen molar-refractivity contribution in [3.05, 3.63) is 35.5 Å². The molecule has 5 atom stereocenters. The van der Waals surface area contributed by atoms with E-state index >= 15 is 0 Å². The highest BCUT2D eigenvalue weighted by molar-refractivity contribution is 5.69. The van der Waals surface area contributed by atoms with Crippen LogP contribution in [0.15, 0.2) is 35.5 Å². The van der Waals surface area contributed by atoms with Crippen LogP contribution in [0.3, 0.4) is 0 Å². The molecule has 3 fully saturated rings. The first kappa shape index (κ1) is 32.2. The molecule has 0 aromatic carbocycles. The van der Waals surface area contributed by atoms with Crippen LogP contribution in [0.25, 0.3) is 0 Å². The monoisotopic (exact) mass is 538 g/mol. The van der Waals surface area contributed by atoms with Crippen molar-refractivity contribution in [1.29, 1.82) is 0 Å². The quantitative estimate of drug-likeness (QED) is 0.153. The Bertz CT molecular complexity index is 832. The Morgan fingerprint density at radius 3 is 2.46 bits per heavy atom. The van der Waals surface area contributed by atoms with Crippen LogP contribution in [0.1, 0.15) is 157 Å².